The number of anilines is 2. The van der Waals surface area contributed by atoms with Crippen LogP contribution in [-0.4, -0.2) is 82.5 Å². The quantitative estimate of drug-likeness (QED) is 0.384. The van der Waals surface area contributed by atoms with Crippen LogP contribution in [0.1, 0.15) is 31.0 Å². The number of fused-ring (bicyclic) bond motifs is 3. The highest BCUT2D eigenvalue weighted by molar-refractivity contribution is 5.76. The number of hydrogen-bond donors (Lipinski definition) is 2. The van der Waals surface area contributed by atoms with Crippen molar-refractivity contribution in [3.05, 3.63) is 34.0 Å². The number of aromatic nitrogens is 4. The molecule has 4 rings (SSSR count). The number of nitrogens with one attached hydrogen (secondary N) is 2. The second-order valence-corrected chi connectivity index (χ2v) is 9.06. The van der Waals surface area contributed by atoms with Gasteiger partial charge >= 0.3 is 12.4 Å². The number of amides is 1. The first-order valence-electron chi connectivity index (χ1n) is 11.9. The number of nitrogens with zero attached hydrogens (tertiary/aromatic N) is 5. The standard InChI is InChI=1S/C22H25F6N7O4/c1-12(31-14-8-30-33-19(37)17(14)22(26,27)28)11-38-6-3-16(36)34-4-5-35-13(10-34)2-7-39-20-18(35)29-9-15(32-20)21(23,24)25/h8-9,12-13H,2-7,10-11H2,1H3,(H2,31,33,37)/t12-,13?/m0/s1. The smallest absolute Gasteiger partial charge is 0.435 e. The van der Waals surface area contributed by atoms with E-state index in [-0.39, 0.29) is 49.9 Å². The highest BCUT2D eigenvalue weighted by atomic mass is 19.4. The molecule has 17 heteroatoms. The zero-order chi connectivity index (χ0) is 28.4. The topological polar surface area (TPSA) is 126 Å². The van der Waals surface area contributed by atoms with E-state index >= 15 is 0 Å². The fourth-order valence-electron chi connectivity index (χ4n) is 4.37. The first-order valence-corrected chi connectivity index (χ1v) is 11.9. The Hall–Kier alpha value is -3.63. The number of ether oxygens (including phenoxy) is 2. The van der Waals surface area contributed by atoms with Crippen molar-refractivity contribution in [1.82, 2.24) is 25.1 Å². The molecule has 214 valence electrons. The molecule has 11 nitrogen and oxygen atoms in total. The number of hydrogen-bond acceptors (Lipinski definition) is 9. The van der Waals surface area contributed by atoms with Crippen molar-refractivity contribution < 1.29 is 40.6 Å². The van der Waals surface area contributed by atoms with Crippen molar-refractivity contribution in [1.29, 1.82) is 0 Å². The maximum absolute atomic E-state index is 13.2. The molecule has 2 aliphatic rings. The molecule has 2 atom stereocenters. The van der Waals surface area contributed by atoms with Gasteiger partial charge in [-0.3, -0.25) is 9.59 Å². The summed E-state index contributed by atoms with van der Waals surface area (Å²) in [6.45, 7) is 2.55. The van der Waals surface area contributed by atoms with Crippen molar-refractivity contribution in [2.75, 3.05) is 49.7 Å². The van der Waals surface area contributed by atoms with E-state index in [0.29, 0.717) is 32.3 Å². The average Bonchev–Trinajstić information content (AvgIpc) is 3.03. The van der Waals surface area contributed by atoms with E-state index in [4.69, 9.17) is 9.47 Å². The van der Waals surface area contributed by atoms with Crippen LogP contribution in [0.5, 0.6) is 5.88 Å². The van der Waals surface area contributed by atoms with Crippen LogP contribution >= 0.6 is 0 Å². The summed E-state index contributed by atoms with van der Waals surface area (Å²) >= 11 is 0. The van der Waals surface area contributed by atoms with Crippen LogP contribution in [-0.2, 0) is 21.9 Å². The highest BCUT2D eigenvalue weighted by Gasteiger charge is 2.39. The normalized spacial score (nSPS) is 18.5. The van der Waals surface area contributed by atoms with Crippen LogP contribution in [0.2, 0.25) is 0 Å². The van der Waals surface area contributed by atoms with E-state index in [9.17, 15) is 35.9 Å². The number of halogens is 6. The van der Waals surface area contributed by atoms with Crippen LogP contribution in [0.15, 0.2) is 17.2 Å². The lowest BCUT2D eigenvalue weighted by Gasteiger charge is -2.41. The molecule has 1 unspecified atom stereocenters. The van der Waals surface area contributed by atoms with Gasteiger partial charge in [-0.25, -0.2) is 15.1 Å². The zero-order valence-corrected chi connectivity index (χ0v) is 20.6. The summed E-state index contributed by atoms with van der Waals surface area (Å²) < 4.78 is 89.4. The van der Waals surface area contributed by atoms with Gasteiger partial charge in [0, 0.05) is 32.1 Å². The monoisotopic (exact) mass is 565 g/mol. The lowest BCUT2D eigenvalue weighted by molar-refractivity contribution is -0.141. The van der Waals surface area contributed by atoms with Crippen molar-refractivity contribution in [2.45, 2.75) is 44.2 Å². The molecule has 2 aromatic heterocycles. The average molecular weight is 565 g/mol. The molecule has 1 amide bonds. The maximum atomic E-state index is 13.2. The van der Waals surface area contributed by atoms with E-state index in [1.54, 1.807) is 21.8 Å². The molecule has 0 bridgehead atoms. The minimum absolute atomic E-state index is 0.00707. The van der Waals surface area contributed by atoms with E-state index in [1.165, 1.54) is 0 Å². The molecule has 4 heterocycles. The van der Waals surface area contributed by atoms with Crippen molar-refractivity contribution in [3.8, 4) is 5.88 Å². The van der Waals surface area contributed by atoms with E-state index in [1.807, 2.05) is 0 Å². The molecule has 0 aromatic carbocycles. The summed E-state index contributed by atoms with van der Waals surface area (Å²) in [6.07, 6.45) is -7.54. The number of rotatable bonds is 7. The minimum atomic E-state index is -4.87. The Morgan fingerprint density at radius 1 is 1.23 bits per heavy atom. The molecule has 1 saturated heterocycles. The van der Waals surface area contributed by atoms with Crippen molar-refractivity contribution in [3.63, 3.8) is 0 Å². The summed E-state index contributed by atoms with van der Waals surface area (Å²) in [5, 5.41) is 7.69. The number of alkyl halides is 6. The molecule has 2 aromatic rings. The van der Waals surface area contributed by atoms with Gasteiger partial charge in [0.05, 0.1) is 50.4 Å². The van der Waals surface area contributed by atoms with Gasteiger partial charge in [-0.2, -0.15) is 31.4 Å². The molecule has 0 aliphatic carbocycles. The second-order valence-electron chi connectivity index (χ2n) is 9.06. The molecule has 0 spiro atoms. The van der Waals surface area contributed by atoms with Gasteiger partial charge in [0.15, 0.2) is 11.5 Å². The number of carbonyl (C=O) groups excluding carboxylic acids is 1. The molecule has 1 fully saturated rings. The van der Waals surface area contributed by atoms with Gasteiger partial charge in [0.1, 0.15) is 5.56 Å². The van der Waals surface area contributed by atoms with E-state index < -0.39 is 40.9 Å². The third kappa shape index (κ3) is 6.69. The van der Waals surface area contributed by atoms with Crippen LogP contribution in [0.3, 0.4) is 0 Å². The van der Waals surface area contributed by atoms with Crippen LogP contribution in [0.4, 0.5) is 37.8 Å². The number of H-pyrrole nitrogens is 1. The zero-order valence-electron chi connectivity index (χ0n) is 20.6. The van der Waals surface area contributed by atoms with E-state index in [2.05, 4.69) is 20.4 Å². The fourth-order valence-corrected chi connectivity index (χ4v) is 4.37. The third-order valence-electron chi connectivity index (χ3n) is 6.18. The maximum Gasteiger partial charge on any atom is 0.435 e. The molecular formula is C22H25F6N7O4. The summed E-state index contributed by atoms with van der Waals surface area (Å²) in [5.74, 6) is -0.203. The number of carbonyl (C=O) groups is 1. The van der Waals surface area contributed by atoms with Gasteiger partial charge in [0.2, 0.25) is 5.91 Å². The van der Waals surface area contributed by atoms with Crippen LogP contribution in [0.25, 0.3) is 0 Å². The minimum Gasteiger partial charge on any atom is -0.475 e. The predicted octanol–water partition coefficient (Wildman–Crippen LogP) is 2.30. The molecule has 39 heavy (non-hydrogen) atoms. The Balaban J connectivity index is 1.26. The Kier molecular flexibility index (Phi) is 8.17. The fraction of sp³-hybridized carbons (Fsp3) is 0.591. The number of piperazine rings is 1. The molecule has 2 N–H and O–H groups in total. The molecular weight excluding hydrogens is 540 g/mol. The van der Waals surface area contributed by atoms with Crippen LogP contribution in [0, 0.1) is 0 Å². The molecule has 0 radical (unpaired) electrons. The summed E-state index contributed by atoms with van der Waals surface area (Å²) in [5.41, 5.74) is -4.39. The SMILES string of the molecule is C[C@@H](COCCC(=O)N1CCN2c3ncc(C(F)(F)F)nc3OCCC2C1)Nc1cn[nH]c(=O)c1C(F)(F)F. The van der Waals surface area contributed by atoms with Crippen molar-refractivity contribution >= 4 is 17.4 Å². The van der Waals surface area contributed by atoms with Gasteiger partial charge in [-0.15, -0.1) is 0 Å². The highest BCUT2D eigenvalue weighted by Crippen LogP contribution is 2.35. The first-order chi connectivity index (χ1) is 18.3. The largest absolute Gasteiger partial charge is 0.475 e. The van der Waals surface area contributed by atoms with Crippen LogP contribution < -0.4 is 20.5 Å². The summed E-state index contributed by atoms with van der Waals surface area (Å²) in [7, 11) is 0. The third-order valence-corrected chi connectivity index (χ3v) is 6.18. The Labute approximate surface area is 217 Å². The lowest BCUT2D eigenvalue weighted by atomic mass is 10.1. The van der Waals surface area contributed by atoms with E-state index in [0.717, 1.165) is 6.20 Å². The summed E-state index contributed by atoms with van der Waals surface area (Å²) in [6, 6.07) is -0.857. The Morgan fingerprint density at radius 3 is 2.72 bits per heavy atom. The Bertz CT molecular complexity index is 1240. The van der Waals surface area contributed by atoms with Crippen molar-refractivity contribution in [2.24, 2.45) is 0 Å². The Morgan fingerprint density at radius 2 is 2.00 bits per heavy atom. The summed E-state index contributed by atoms with van der Waals surface area (Å²) in [4.78, 5) is 35.2. The second kappa shape index (κ2) is 11.2. The van der Waals surface area contributed by atoms with Gasteiger partial charge < -0.3 is 24.6 Å². The number of aromatic amines is 1. The van der Waals surface area contributed by atoms with Gasteiger partial charge in [0.25, 0.3) is 11.4 Å². The molecule has 0 saturated carbocycles. The van der Waals surface area contributed by atoms with Gasteiger partial charge in [-0.05, 0) is 6.92 Å². The molecule has 2 aliphatic heterocycles. The first kappa shape index (κ1) is 28.4. The van der Waals surface area contributed by atoms with Gasteiger partial charge in [-0.1, -0.05) is 0 Å². The lowest BCUT2D eigenvalue weighted by Crippen LogP contribution is -2.55. The predicted molar refractivity (Wildman–Crippen MR) is 123 cm³/mol.